The van der Waals surface area contributed by atoms with Crippen LogP contribution in [0.3, 0.4) is 0 Å². The maximum Gasteiger partial charge on any atom is 0.248 e. The molecule has 0 saturated carbocycles. The van der Waals surface area contributed by atoms with Crippen LogP contribution in [-0.2, 0) is 19.4 Å². The highest BCUT2D eigenvalue weighted by Gasteiger charge is 2.38. The number of hydrogen-bond acceptors (Lipinski definition) is 10. The van der Waals surface area contributed by atoms with E-state index in [0.717, 1.165) is 84.1 Å². The molecular weight excluding hydrogens is 697 g/mol. The largest absolute Gasteiger partial charge is 0.355 e. The average Bonchev–Trinajstić information content (AvgIpc) is 4.04. The third-order valence-corrected chi connectivity index (χ3v) is 10.8. The van der Waals surface area contributed by atoms with Gasteiger partial charge in [-0.15, -0.1) is 0 Å². The van der Waals surface area contributed by atoms with Crippen molar-refractivity contribution in [3.8, 4) is 33.6 Å². The Labute approximate surface area is 322 Å². The minimum absolute atomic E-state index is 0.00127. The molecule has 5 heterocycles. The first-order valence-electron chi connectivity index (χ1n) is 19.4. The Morgan fingerprint density at radius 1 is 0.800 bits per heavy atom. The van der Waals surface area contributed by atoms with Crippen LogP contribution in [0.1, 0.15) is 77.1 Å². The van der Waals surface area contributed by atoms with E-state index in [9.17, 15) is 9.59 Å². The normalized spacial score (nSPS) is 19.7. The topological polar surface area (TPSA) is 165 Å². The number of likely N-dealkylation sites (tertiary alicyclic amines) is 2. The predicted molar refractivity (Wildman–Crippen MR) is 212 cm³/mol. The number of aromatic nitrogens is 4. The van der Waals surface area contributed by atoms with Crippen LogP contribution >= 0.6 is 0 Å². The van der Waals surface area contributed by atoms with E-state index in [0.29, 0.717) is 19.0 Å². The number of aromatic amines is 2. The van der Waals surface area contributed by atoms with Crippen LogP contribution in [0.15, 0.2) is 70.9 Å². The highest BCUT2D eigenvalue weighted by molar-refractivity contribution is 5.90. The first-order valence-corrected chi connectivity index (χ1v) is 19.4. The zero-order valence-electron chi connectivity index (χ0n) is 32.3. The van der Waals surface area contributed by atoms with Crippen molar-refractivity contribution in [3.05, 3.63) is 72.6 Å². The molecule has 2 amide bonds. The number of benzene rings is 2. The van der Waals surface area contributed by atoms with Gasteiger partial charge in [-0.25, -0.2) is 15.0 Å². The molecule has 7 rings (SSSR count). The number of nitrogens with zero attached hydrogens (tertiary/aromatic N) is 6. The molecule has 290 valence electrons. The Morgan fingerprint density at radius 2 is 1.33 bits per heavy atom. The quantitative estimate of drug-likeness (QED) is 0.0589. The van der Waals surface area contributed by atoms with Crippen molar-refractivity contribution in [2.24, 2.45) is 21.8 Å². The van der Waals surface area contributed by atoms with Gasteiger partial charge in [0.1, 0.15) is 23.7 Å². The Bertz CT molecular complexity index is 1980. The van der Waals surface area contributed by atoms with Gasteiger partial charge in [-0.2, -0.15) is 4.89 Å². The van der Waals surface area contributed by atoms with Gasteiger partial charge >= 0.3 is 0 Å². The van der Waals surface area contributed by atoms with E-state index in [1.807, 2.05) is 36.0 Å². The number of hydrogen-bond donors (Lipinski definition) is 4. The molecule has 0 spiro atoms. The number of amides is 2. The van der Waals surface area contributed by atoms with E-state index in [1.54, 1.807) is 0 Å². The van der Waals surface area contributed by atoms with Crippen molar-refractivity contribution in [2.75, 3.05) is 33.3 Å². The predicted octanol–water partition coefficient (Wildman–Crippen LogP) is 5.67. The van der Waals surface area contributed by atoms with E-state index < -0.39 is 6.04 Å². The number of imidazole rings is 2. The number of guanidine groups is 1. The molecular formula is C41H52N10O4. The van der Waals surface area contributed by atoms with E-state index >= 15 is 0 Å². The second kappa shape index (κ2) is 16.9. The first-order chi connectivity index (χ1) is 26.7. The summed E-state index contributed by atoms with van der Waals surface area (Å²) in [5, 5.41) is 6.57. The lowest BCUT2D eigenvalue weighted by Crippen LogP contribution is -2.53. The minimum atomic E-state index is -0.565. The summed E-state index contributed by atoms with van der Waals surface area (Å²) in [6, 6.07) is 15.7. The Kier molecular flexibility index (Phi) is 11.6. The lowest BCUT2D eigenvalue weighted by molar-refractivity contribution is -0.188. The number of rotatable bonds is 13. The molecule has 0 aliphatic carbocycles. The van der Waals surface area contributed by atoms with E-state index in [1.165, 1.54) is 13.5 Å². The summed E-state index contributed by atoms with van der Waals surface area (Å²) in [6.45, 7) is 10.9. The van der Waals surface area contributed by atoms with Crippen molar-refractivity contribution in [1.29, 1.82) is 0 Å². The molecule has 0 radical (unpaired) electrons. The Balaban J connectivity index is 0.993. The molecule has 55 heavy (non-hydrogen) atoms. The number of nitrogens with one attached hydrogen (secondary N) is 4. The molecule has 2 aromatic carbocycles. The summed E-state index contributed by atoms with van der Waals surface area (Å²) in [6.07, 6.45) is 8.44. The summed E-state index contributed by atoms with van der Waals surface area (Å²) in [5.41, 5.74) is 6.06. The number of aliphatic imine (C=N–C) groups is 2. The van der Waals surface area contributed by atoms with Crippen LogP contribution in [-0.4, -0.2) is 99.3 Å². The fourth-order valence-electron chi connectivity index (χ4n) is 7.78. The summed E-state index contributed by atoms with van der Waals surface area (Å²) in [5.74, 6) is 2.44. The fraction of sp³-hybridized carbons (Fsp3) is 0.463. The Hall–Kier alpha value is -5.50. The molecule has 0 bridgehead atoms. The maximum atomic E-state index is 13.8. The summed E-state index contributed by atoms with van der Waals surface area (Å²) < 4.78 is 0. The highest BCUT2D eigenvalue weighted by atomic mass is 17.2. The van der Waals surface area contributed by atoms with Gasteiger partial charge in [-0.3, -0.25) is 14.6 Å². The van der Waals surface area contributed by atoms with Gasteiger partial charge in [-0.1, -0.05) is 76.2 Å². The third-order valence-electron chi connectivity index (χ3n) is 10.8. The van der Waals surface area contributed by atoms with E-state index in [-0.39, 0.29) is 41.8 Å². The minimum Gasteiger partial charge on any atom is -0.355 e. The number of H-pyrrole nitrogens is 2. The second-order valence-electron chi connectivity index (χ2n) is 15.1. The first kappa shape index (κ1) is 37.8. The molecule has 3 aliphatic heterocycles. The third kappa shape index (κ3) is 8.29. The average molecular weight is 749 g/mol. The lowest BCUT2D eigenvalue weighted by atomic mass is 10.0. The van der Waals surface area contributed by atoms with Gasteiger partial charge in [-0.05, 0) is 59.8 Å². The fourth-order valence-corrected chi connectivity index (χ4v) is 7.78. The summed E-state index contributed by atoms with van der Waals surface area (Å²) in [4.78, 5) is 65.8. The van der Waals surface area contributed by atoms with Gasteiger partial charge in [0.2, 0.25) is 18.2 Å². The molecule has 3 aliphatic rings. The van der Waals surface area contributed by atoms with Crippen molar-refractivity contribution >= 4 is 24.2 Å². The highest BCUT2D eigenvalue weighted by Crippen LogP contribution is 2.35. The standard InChI is InChI=1S/C41H52N10O4/c1-25(2)35(46-24-55-54-5)39(52)50-20-6-8-33(50)37-44-22-31(47-37)29-14-10-27(11-15-29)28-12-16-30(17-13-28)32-23-45-38(48-32)34-9-7-21-51(34)40(53)36(26(3)4)49-41-42-18-19-43-41/h10-17,22-26,33-36H,6-9,18-21H2,1-5H3,(H,44,47)(H,45,48)(H2,42,43,49)/b46-24+/t33-,34-,35-,36-/m0/s1. The van der Waals surface area contributed by atoms with E-state index in [2.05, 4.69) is 97.9 Å². The van der Waals surface area contributed by atoms with Gasteiger partial charge in [0, 0.05) is 19.6 Å². The van der Waals surface area contributed by atoms with Crippen molar-refractivity contribution < 1.29 is 19.4 Å². The molecule has 4 N–H and O–H groups in total. The van der Waals surface area contributed by atoms with Crippen LogP contribution in [0.25, 0.3) is 33.6 Å². The van der Waals surface area contributed by atoms with Crippen molar-refractivity contribution in [2.45, 2.75) is 77.5 Å². The summed E-state index contributed by atoms with van der Waals surface area (Å²) >= 11 is 0. The smallest absolute Gasteiger partial charge is 0.248 e. The SMILES string of the molecule is COO/C=N/[C@H](C(=O)N1CCC[C@H]1c1ncc(-c2ccc(-c3ccc(-c4cnc([C@@H]5CCCN5C(=O)[C@@H](NC5=NCCN5)C(C)C)[nH]4)cc3)cc2)[nH]1)C(C)C. The number of carbonyl (C=O) groups excluding carboxylic acids is 2. The number of carbonyl (C=O) groups is 2. The van der Waals surface area contributed by atoms with Gasteiger partial charge < -0.3 is 35.3 Å². The van der Waals surface area contributed by atoms with Crippen LogP contribution < -0.4 is 10.6 Å². The molecule has 2 aromatic heterocycles. The molecule has 4 aromatic rings. The zero-order chi connectivity index (χ0) is 38.5. The lowest BCUT2D eigenvalue weighted by Gasteiger charge is -2.30. The molecule has 14 nitrogen and oxygen atoms in total. The second-order valence-corrected chi connectivity index (χ2v) is 15.1. The maximum absolute atomic E-state index is 13.8. The van der Waals surface area contributed by atoms with Crippen LogP contribution in [0.5, 0.6) is 0 Å². The van der Waals surface area contributed by atoms with Crippen molar-refractivity contribution in [3.63, 3.8) is 0 Å². The molecule has 2 fully saturated rings. The molecule has 14 heteroatoms. The van der Waals surface area contributed by atoms with Crippen LogP contribution in [0.2, 0.25) is 0 Å². The molecule has 0 unspecified atom stereocenters. The Morgan fingerprint density at radius 3 is 1.80 bits per heavy atom. The zero-order valence-corrected chi connectivity index (χ0v) is 32.3. The van der Waals surface area contributed by atoms with Crippen LogP contribution in [0.4, 0.5) is 0 Å². The van der Waals surface area contributed by atoms with Gasteiger partial charge in [0.15, 0.2) is 5.96 Å². The van der Waals surface area contributed by atoms with E-state index in [4.69, 9.17) is 14.9 Å². The monoisotopic (exact) mass is 748 g/mol. The van der Waals surface area contributed by atoms with Crippen molar-refractivity contribution in [1.82, 2.24) is 40.4 Å². The van der Waals surface area contributed by atoms with Gasteiger partial charge in [0.25, 0.3) is 0 Å². The molecule has 2 saturated heterocycles. The molecule has 4 atom stereocenters. The van der Waals surface area contributed by atoms with Crippen LogP contribution in [0, 0.1) is 11.8 Å². The summed E-state index contributed by atoms with van der Waals surface area (Å²) in [7, 11) is 1.40. The van der Waals surface area contributed by atoms with Gasteiger partial charge in [0.05, 0.1) is 49.5 Å².